The lowest BCUT2D eigenvalue weighted by molar-refractivity contribution is 0.284. The molecule has 0 bridgehead atoms. The summed E-state index contributed by atoms with van der Waals surface area (Å²) in [6.45, 7) is 1.83. The Bertz CT molecular complexity index is 1280. The fourth-order valence-corrected chi connectivity index (χ4v) is 4.15. The van der Waals surface area contributed by atoms with Gasteiger partial charge in [-0.1, -0.05) is 12.1 Å². The van der Waals surface area contributed by atoms with Gasteiger partial charge in [-0.05, 0) is 76.4 Å². The van der Waals surface area contributed by atoms with E-state index in [0.717, 1.165) is 53.3 Å². The Labute approximate surface area is 199 Å². The van der Waals surface area contributed by atoms with Crippen LogP contribution in [0.1, 0.15) is 11.1 Å². The van der Waals surface area contributed by atoms with Crippen molar-refractivity contribution in [3.05, 3.63) is 59.9 Å². The highest BCUT2D eigenvalue weighted by molar-refractivity contribution is 7.46. The number of H-pyrrole nitrogens is 2. The summed E-state index contributed by atoms with van der Waals surface area (Å²) >= 11 is 0. The SMILES string of the molecule is CN(C)CCc1c[nH]c2cccc(O)c12.CN(C)CCc1c[nH]c2cccc(OP(=O)(O)O)c12. The molecule has 0 fully saturated rings. The summed E-state index contributed by atoms with van der Waals surface area (Å²) in [5.74, 6) is 0.573. The number of aromatic hydroxyl groups is 1. The number of benzene rings is 2. The van der Waals surface area contributed by atoms with Crippen molar-refractivity contribution in [3.8, 4) is 11.5 Å². The molecule has 0 aliphatic heterocycles. The monoisotopic (exact) mass is 488 g/mol. The summed E-state index contributed by atoms with van der Waals surface area (Å²) in [6.07, 6.45) is 5.55. The number of nitrogens with one attached hydrogen (secondary N) is 2. The zero-order valence-electron chi connectivity index (χ0n) is 19.9. The van der Waals surface area contributed by atoms with E-state index in [1.807, 2.05) is 49.6 Å². The molecule has 10 heteroatoms. The second kappa shape index (κ2) is 11.1. The first kappa shape index (κ1) is 25.8. The molecule has 0 saturated carbocycles. The number of rotatable bonds is 8. The van der Waals surface area contributed by atoms with Crippen LogP contribution >= 0.6 is 7.82 Å². The minimum absolute atomic E-state index is 0.209. The van der Waals surface area contributed by atoms with Gasteiger partial charge in [0.15, 0.2) is 0 Å². The van der Waals surface area contributed by atoms with Gasteiger partial charge in [-0.2, -0.15) is 0 Å². The van der Waals surface area contributed by atoms with Crippen LogP contribution in [0.4, 0.5) is 0 Å². The van der Waals surface area contributed by atoms with Crippen LogP contribution in [0, 0.1) is 0 Å². The molecule has 0 unspecified atom stereocenters. The molecule has 0 atom stereocenters. The molecule has 2 aromatic carbocycles. The molecule has 0 aliphatic rings. The minimum Gasteiger partial charge on any atom is -0.507 e. The molecule has 5 N–H and O–H groups in total. The Kier molecular flexibility index (Phi) is 8.41. The highest BCUT2D eigenvalue weighted by Crippen LogP contribution is 2.41. The normalized spacial score (nSPS) is 11.9. The molecule has 0 saturated heterocycles. The summed E-state index contributed by atoms with van der Waals surface area (Å²) < 4.78 is 15.8. The summed E-state index contributed by atoms with van der Waals surface area (Å²) in [4.78, 5) is 28.3. The summed E-state index contributed by atoms with van der Waals surface area (Å²) in [5.41, 5.74) is 3.97. The molecular formula is C24H33N4O5P. The molecular weight excluding hydrogens is 455 g/mol. The zero-order valence-corrected chi connectivity index (χ0v) is 20.8. The zero-order chi connectivity index (χ0) is 24.9. The second-order valence-corrected chi connectivity index (χ2v) is 9.86. The molecule has 0 amide bonds. The largest absolute Gasteiger partial charge is 0.524 e. The molecule has 2 heterocycles. The van der Waals surface area contributed by atoms with Gasteiger partial charge in [0.2, 0.25) is 0 Å². The third kappa shape index (κ3) is 6.85. The van der Waals surface area contributed by atoms with Crippen LogP contribution in [-0.2, 0) is 17.4 Å². The van der Waals surface area contributed by atoms with Crippen molar-refractivity contribution >= 4 is 29.6 Å². The van der Waals surface area contributed by atoms with E-state index in [1.165, 1.54) is 5.56 Å². The highest BCUT2D eigenvalue weighted by atomic mass is 31.2. The third-order valence-electron chi connectivity index (χ3n) is 5.39. The van der Waals surface area contributed by atoms with E-state index < -0.39 is 7.82 Å². The lowest BCUT2D eigenvalue weighted by Crippen LogP contribution is -2.14. The van der Waals surface area contributed by atoms with Gasteiger partial charge in [-0.3, -0.25) is 9.79 Å². The molecule has 9 nitrogen and oxygen atoms in total. The van der Waals surface area contributed by atoms with Gasteiger partial charge in [0, 0.05) is 47.3 Å². The lowest BCUT2D eigenvalue weighted by atomic mass is 10.1. The van der Waals surface area contributed by atoms with E-state index >= 15 is 0 Å². The van der Waals surface area contributed by atoms with Gasteiger partial charge >= 0.3 is 7.82 Å². The third-order valence-corrected chi connectivity index (χ3v) is 5.82. The van der Waals surface area contributed by atoms with Crippen LogP contribution in [0.15, 0.2) is 48.8 Å². The molecule has 4 rings (SSSR count). The van der Waals surface area contributed by atoms with E-state index in [-0.39, 0.29) is 5.75 Å². The number of aromatic amines is 2. The average Bonchev–Trinajstić information content (AvgIpc) is 3.35. The Morgan fingerprint density at radius 1 is 0.824 bits per heavy atom. The van der Waals surface area contributed by atoms with Crippen LogP contribution < -0.4 is 4.52 Å². The van der Waals surface area contributed by atoms with Gasteiger partial charge in [-0.15, -0.1) is 0 Å². The van der Waals surface area contributed by atoms with E-state index in [9.17, 15) is 9.67 Å². The number of phenolic OH excluding ortho intramolecular Hbond substituents is 1. The number of fused-ring (bicyclic) bond motifs is 2. The van der Waals surface area contributed by atoms with Gasteiger partial charge in [0.05, 0.1) is 0 Å². The van der Waals surface area contributed by atoms with E-state index in [2.05, 4.69) is 29.0 Å². The molecule has 0 spiro atoms. The molecule has 0 aliphatic carbocycles. The van der Waals surface area contributed by atoms with Crippen molar-refractivity contribution < 1.29 is 24.0 Å². The standard InChI is InChI=1S/C12H17N2O4P.C12H16N2O/c1-14(2)7-6-9-8-13-10-4-3-5-11(12(9)10)18-19(15,16)17;1-14(2)7-6-9-8-13-10-4-3-5-11(15)12(9)10/h3-5,8,13H,6-7H2,1-2H3,(H2,15,16,17);3-5,8,13,15H,6-7H2,1-2H3. The van der Waals surface area contributed by atoms with Gasteiger partial charge in [0.25, 0.3) is 0 Å². The summed E-state index contributed by atoms with van der Waals surface area (Å²) in [7, 11) is 3.50. The Morgan fingerprint density at radius 3 is 1.85 bits per heavy atom. The number of nitrogens with zero attached hydrogens (tertiary/aromatic N) is 2. The lowest BCUT2D eigenvalue weighted by Gasteiger charge is -2.11. The van der Waals surface area contributed by atoms with Crippen molar-refractivity contribution in [1.82, 2.24) is 19.8 Å². The number of phosphoric acid groups is 1. The number of phosphoric ester groups is 1. The average molecular weight is 489 g/mol. The Balaban J connectivity index is 0.000000196. The Morgan fingerprint density at radius 2 is 1.32 bits per heavy atom. The maximum absolute atomic E-state index is 11.0. The Hall–Kier alpha value is -2.81. The first-order chi connectivity index (χ1) is 16.0. The summed E-state index contributed by atoms with van der Waals surface area (Å²) in [6, 6.07) is 10.7. The van der Waals surface area contributed by atoms with Crippen molar-refractivity contribution in [2.75, 3.05) is 41.3 Å². The first-order valence-corrected chi connectivity index (χ1v) is 12.5. The van der Waals surface area contributed by atoms with Gasteiger partial charge < -0.3 is 29.4 Å². The molecule has 34 heavy (non-hydrogen) atoms. The maximum Gasteiger partial charge on any atom is 0.524 e. The fourth-order valence-electron chi connectivity index (χ4n) is 3.74. The van der Waals surface area contributed by atoms with Crippen molar-refractivity contribution in [1.29, 1.82) is 0 Å². The van der Waals surface area contributed by atoms with Crippen LogP contribution in [0.5, 0.6) is 11.5 Å². The number of aromatic nitrogens is 2. The topological polar surface area (TPSA) is 125 Å². The van der Waals surface area contributed by atoms with Crippen molar-refractivity contribution in [2.24, 2.45) is 0 Å². The molecule has 2 aromatic heterocycles. The number of phenols is 1. The van der Waals surface area contributed by atoms with E-state index in [1.54, 1.807) is 18.2 Å². The van der Waals surface area contributed by atoms with E-state index in [0.29, 0.717) is 5.75 Å². The number of likely N-dealkylation sites (N-methyl/N-ethyl adjacent to an activating group) is 2. The van der Waals surface area contributed by atoms with Crippen molar-refractivity contribution in [3.63, 3.8) is 0 Å². The predicted octanol–water partition coefficient (Wildman–Crippen LogP) is 3.72. The fraction of sp³-hybridized carbons (Fsp3) is 0.333. The molecule has 4 aromatic rings. The van der Waals surface area contributed by atoms with Crippen LogP contribution in [0.2, 0.25) is 0 Å². The summed E-state index contributed by atoms with van der Waals surface area (Å²) in [5, 5.41) is 11.5. The van der Waals surface area contributed by atoms with Gasteiger partial charge in [-0.25, -0.2) is 4.57 Å². The molecule has 0 radical (unpaired) electrons. The second-order valence-electron chi connectivity index (χ2n) is 8.69. The maximum atomic E-state index is 11.0. The first-order valence-electron chi connectivity index (χ1n) is 11.0. The smallest absolute Gasteiger partial charge is 0.507 e. The quantitative estimate of drug-likeness (QED) is 0.239. The highest BCUT2D eigenvalue weighted by Gasteiger charge is 2.19. The number of hydrogen-bond donors (Lipinski definition) is 5. The number of hydrogen-bond acceptors (Lipinski definition) is 5. The van der Waals surface area contributed by atoms with Crippen molar-refractivity contribution in [2.45, 2.75) is 12.8 Å². The molecule has 184 valence electrons. The van der Waals surface area contributed by atoms with E-state index in [4.69, 9.17) is 14.3 Å². The van der Waals surface area contributed by atoms with Crippen LogP contribution in [-0.4, -0.2) is 75.9 Å². The van der Waals surface area contributed by atoms with Crippen LogP contribution in [0.25, 0.3) is 21.8 Å². The van der Waals surface area contributed by atoms with Crippen LogP contribution in [0.3, 0.4) is 0 Å². The minimum atomic E-state index is -4.55. The predicted molar refractivity (Wildman–Crippen MR) is 135 cm³/mol. The van der Waals surface area contributed by atoms with Gasteiger partial charge in [0.1, 0.15) is 11.5 Å².